The standard InChI is InChI=1S/C13H19N3O3S/c1-9-6-10(7-14)2-4-12(9)20(18,19)15-8-11-3-5-13(17)16-11/h2,4,6,11,15H,3,5,7-8,14H2,1H3,(H,16,17). The Morgan fingerprint density at radius 1 is 1.45 bits per heavy atom. The zero-order valence-corrected chi connectivity index (χ0v) is 12.2. The molecule has 0 aromatic heterocycles. The highest BCUT2D eigenvalue weighted by Crippen LogP contribution is 2.17. The molecular weight excluding hydrogens is 278 g/mol. The van der Waals surface area contributed by atoms with Crippen molar-refractivity contribution >= 4 is 15.9 Å². The molecule has 4 N–H and O–H groups in total. The Morgan fingerprint density at radius 2 is 2.20 bits per heavy atom. The number of aryl methyl sites for hydroxylation is 1. The van der Waals surface area contributed by atoms with E-state index in [0.717, 1.165) is 5.56 Å². The van der Waals surface area contributed by atoms with Crippen LogP contribution in [0, 0.1) is 6.92 Å². The maximum atomic E-state index is 12.2. The summed E-state index contributed by atoms with van der Waals surface area (Å²) in [6, 6.07) is 4.92. The fourth-order valence-corrected chi connectivity index (χ4v) is 3.56. The summed E-state index contributed by atoms with van der Waals surface area (Å²) in [6.45, 7) is 2.33. The molecule has 0 aliphatic carbocycles. The minimum atomic E-state index is -3.56. The molecule has 1 aromatic rings. The van der Waals surface area contributed by atoms with E-state index in [-0.39, 0.29) is 23.4 Å². The van der Waals surface area contributed by atoms with Crippen molar-refractivity contribution in [3.05, 3.63) is 29.3 Å². The van der Waals surface area contributed by atoms with E-state index in [1.54, 1.807) is 25.1 Å². The first kappa shape index (κ1) is 15.0. The van der Waals surface area contributed by atoms with Gasteiger partial charge in [0, 0.05) is 25.6 Å². The van der Waals surface area contributed by atoms with Crippen LogP contribution in [-0.4, -0.2) is 26.9 Å². The highest BCUT2D eigenvalue weighted by molar-refractivity contribution is 7.89. The summed E-state index contributed by atoms with van der Waals surface area (Å²) >= 11 is 0. The Bertz CT molecular complexity index is 613. The van der Waals surface area contributed by atoms with Crippen molar-refractivity contribution < 1.29 is 13.2 Å². The molecular formula is C13H19N3O3S. The van der Waals surface area contributed by atoms with Crippen molar-refractivity contribution in [2.45, 2.75) is 37.2 Å². The number of rotatable bonds is 5. The molecule has 0 bridgehead atoms. The molecule has 1 aromatic carbocycles. The number of hydrogen-bond donors (Lipinski definition) is 3. The summed E-state index contributed by atoms with van der Waals surface area (Å²) in [6.07, 6.45) is 1.11. The van der Waals surface area contributed by atoms with Gasteiger partial charge in [-0.25, -0.2) is 13.1 Å². The quantitative estimate of drug-likeness (QED) is 0.712. The smallest absolute Gasteiger partial charge is 0.240 e. The van der Waals surface area contributed by atoms with Gasteiger partial charge in [0.25, 0.3) is 0 Å². The SMILES string of the molecule is Cc1cc(CN)ccc1S(=O)(=O)NCC1CCC(=O)N1. The molecule has 1 aliphatic rings. The minimum Gasteiger partial charge on any atom is -0.352 e. The van der Waals surface area contributed by atoms with Crippen LogP contribution in [0.1, 0.15) is 24.0 Å². The van der Waals surface area contributed by atoms with E-state index in [2.05, 4.69) is 10.0 Å². The van der Waals surface area contributed by atoms with Crippen LogP contribution in [0.2, 0.25) is 0 Å². The fourth-order valence-electron chi connectivity index (χ4n) is 2.26. The summed E-state index contributed by atoms with van der Waals surface area (Å²) in [7, 11) is -3.56. The molecule has 0 spiro atoms. The molecule has 1 heterocycles. The lowest BCUT2D eigenvalue weighted by atomic mass is 10.1. The van der Waals surface area contributed by atoms with Crippen LogP contribution in [0.25, 0.3) is 0 Å². The lowest BCUT2D eigenvalue weighted by Gasteiger charge is -2.13. The van der Waals surface area contributed by atoms with Gasteiger partial charge in [0.05, 0.1) is 4.90 Å². The van der Waals surface area contributed by atoms with E-state index in [9.17, 15) is 13.2 Å². The predicted octanol–water partition coefficient (Wildman–Crippen LogP) is 0.0106. The van der Waals surface area contributed by atoms with Gasteiger partial charge < -0.3 is 11.1 Å². The third-order valence-corrected chi connectivity index (χ3v) is 4.95. The molecule has 110 valence electrons. The lowest BCUT2D eigenvalue weighted by Crippen LogP contribution is -2.38. The van der Waals surface area contributed by atoms with Crippen LogP contribution < -0.4 is 15.8 Å². The Morgan fingerprint density at radius 3 is 2.75 bits per heavy atom. The van der Waals surface area contributed by atoms with Crippen molar-refractivity contribution in [2.75, 3.05) is 6.54 Å². The second-order valence-corrected chi connectivity index (χ2v) is 6.69. The first-order chi connectivity index (χ1) is 9.42. The number of benzene rings is 1. The first-order valence-corrected chi connectivity index (χ1v) is 7.99. The number of carbonyl (C=O) groups excluding carboxylic acids is 1. The van der Waals surface area contributed by atoms with Crippen molar-refractivity contribution in [2.24, 2.45) is 5.73 Å². The number of nitrogens with one attached hydrogen (secondary N) is 2. The van der Waals surface area contributed by atoms with Crippen molar-refractivity contribution in [3.63, 3.8) is 0 Å². The van der Waals surface area contributed by atoms with Crippen LogP contribution in [0.5, 0.6) is 0 Å². The van der Waals surface area contributed by atoms with E-state index in [4.69, 9.17) is 5.73 Å². The normalized spacial score (nSPS) is 19.1. The third kappa shape index (κ3) is 3.36. The molecule has 0 saturated carbocycles. The average Bonchev–Trinajstić information content (AvgIpc) is 2.82. The molecule has 1 amide bonds. The zero-order valence-electron chi connectivity index (χ0n) is 11.3. The van der Waals surface area contributed by atoms with Gasteiger partial charge in [-0.3, -0.25) is 4.79 Å². The van der Waals surface area contributed by atoms with Crippen LogP contribution in [0.3, 0.4) is 0 Å². The van der Waals surface area contributed by atoms with Crippen LogP contribution >= 0.6 is 0 Å². The molecule has 20 heavy (non-hydrogen) atoms. The van der Waals surface area contributed by atoms with Gasteiger partial charge in [0.2, 0.25) is 15.9 Å². The highest BCUT2D eigenvalue weighted by atomic mass is 32.2. The molecule has 1 unspecified atom stereocenters. The number of amides is 1. The third-order valence-electron chi connectivity index (χ3n) is 3.37. The van der Waals surface area contributed by atoms with Gasteiger partial charge in [-0.05, 0) is 30.5 Å². The van der Waals surface area contributed by atoms with E-state index >= 15 is 0 Å². The summed E-state index contributed by atoms with van der Waals surface area (Å²) < 4.78 is 27.0. The van der Waals surface area contributed by atoms with E-state index < -0.39 is 10.0 Å². The van der Waals surface area contributed by atoms with Gasteiger partial charge in [0.15, 0.2) is 0 Å². The largest absolute Gasteiger partial charge is 0.352 e. The van der Waals surface area contributed by atoms with E-state index in [1.165, 1.54) is 0 Å². The topological polar surface area (TPSA) is 101 Å². The zero-order chi connectivity index (χ0) is 14.8. The van der Waals surface area contributed by atoms with Crippen molar-refractivity contribution in [1.82, 2.24) is 10.0 Å². The number of sulfonamides is 1. The van der Waals surface area contributed by atoms with E-state index in [1.807, 2.05) is 0 Å². The van der Waals surface area contributed by atoms with Gasteiger partial charge in [-0.2, -0.15) is 0 Å². The highest BCUT2D eigenvalue weighted by Gasteiger charge is 2.23. The Kier molecular flexibility index (Phi) is 4.42. The summed E-state index contributed by atoms with van der Waals surface area (Å²) in [5.74, 6) is -0.0299. The fraction of sp³-hybridized carbons (Fsp3) is 0.462. The van der Waals surface area contributed by atoms with Gasteiger partial charge in [-0.15, -0.1) is 0 Å². The van der Waals surface area contributed by atoms with Crippen LogP contribution in [0.15, 0.2) is 23.1 Å². The number of carbonyl (C=O) groups is 1. The second kappa shape index (κ2) is 5.90. The predicted molar refractivity (Wildman–Crippen MR) is 75.4 cm³/mol. The molecule has 1 aliphatic heterocycles. The second-order valence-electron chi connectivity index (χ2n) is 4.96. The maximum absolute atomic E-state index is 12.2. The first-order valence-electron chi connectivity index (χ1n) is 6.51. The Labute approximate surface area is 118 Å². The molecule has 6 nitrogen and oxygen atoms in total. The van der Waals surface area contributed by atoms with Crippen LogP contribution in [0.4, 0.5) is 0 Å². The number of hydrogen-bond acceptors (Lipinski definition) is 4. The molecule has 1 saturated heterocycles. The van der Waals surface area contributed by atoms with Crippen LogP contribution in [-0.2, 0) is 21.4 Å². The summed E-state index contributed by atoms with van der Waals surface area (Å²) in [5.41, 5.74) is 7.08. The summed E-state index contributed by atoms with van der Waals surface area (Å²) in [4.78, 5) is 11.3. The molecule has 0 radical (unpaired) electrons. The Balaban J connectivity index is 2.08. The molecule has 1 atom stereocenters. The maximum Gasteiger partial charge on any atom is 0.240 e. The van der Waals surface area contributed by atoms with Crippen molar-refractivity contribution in [1.29, 1.82) is 0 Å². The van der Waals surface area contributed by atoms with Gasteiger partial charge in [0.1, 0.15) is 0 Å². The monoisotopic (exact) mass is 297 g/mol. The van der Waals surface area contributed by atoms with Gasteiger partial charge in [-0.1, -0.05) is 12.1 Å². The van der Waals surface area contributed by atoms with E-state index in [0.29, 0.717) is 24.9 Å². The summed E-state index contributed by atoms with van der Waals surface area (Å²) in [5, 5.41) is 2.73. The lowest BCUT2D eigenvalue weighted by molar-refractivity contribution is -0.119. The number of nitrogens with two attached hydrogens (primary N) is 1. The molecule has 2 rings (SSSR count). The molecule has 7 heteroatoms. The molecule has 1 fully saturated rings. The van der Waals surface area contributed by atoms with Gasteiger partial charge >= 0.3 is 0 Å². The average molecular weight is 297 g/mol. The Hall–Kier alpha value is -1.44. The minimum absolute atomic E-state index is 0.0299. The van der Waals surface area contributed by atoms with Crippen molar-refractivity contribution in [3.8, 4) is 0 Å².